The van der Waals surface area contributed by atoms with Crippen molar-refractivity contribution in [3.8, 4) is 0 Å². The zero-order valence-corrected chi connectivity index (χ0v) is 11.9. The summed E-state index contributed by atoms with van der Waals surface area (Å²) in [6.07, 6.45) is 3.14. The molecule has 2 N–H and O–H groups in total. The Kier molecular flexibility index (Phi) is 5.16. The summed E-state index contributed by atoms with van der Waals surface area (Å²) in [5.74, 6) is 0.635. The molecule has 20 heavy (non-hydrogen) atoms. The van der Waals surface area contributed by atoms with Gasteiger partial charge in [-0.3, -0.25) is 9.59 Å². The average molecular weight is 274 g/mol. The highest BCUT2D eigenvalue weighted by atomic mass is 16.2. The average Bonchev–Trinajstić information content (AvgIpc) is 3.24. The molecule has 0 spiro atoms. The predicted octanol–water partition coefficient (Wildman–Crippen LogP) is 1.65. The highest BCUT2D eigenvalue weighted by Gasteiger charge is 2.28. The van der Waals surface area contributed by atoms with Crippen molar-refractivity contribution >= 4 is 11.8 Å². The van der Waals surface area contributed by atoms with Crippen LogP contribution in [0.15, 0.2) is 30.3 Å². The molecule has 1 aliphatic rings. The van der Waals surface area contributed by atoms with Crippen molar-refractivity contribution in [1.82, 2.24) is 10.6 Å². The molecule has 1 atom stereocenters. The molecule has 0 saturated heterocycles. The maximum atomic E-state index is 11.7. The van der Waals surface area contributed by atoms with Gasteiger partial charge in [-0.25, -0.2) is 0 Å². The van der Waals surface area contributed by atoms with E-state index in [0.717, 1.165) is 5.56 Å². The molecule has 1 aromatic carbocycles. The lowest BCUT2D eigenvalue weighted by atomic mass is 10.1. The van der Waals surface area contributed by atoms with E-state index in [1.165, 1.54) is 12.8 Å². The summed E-state index contributed by atoms with van der Waals surface area (Å²) >= 11 is 0. The minimum atomic E-state index is -0.0424. The first-order valence-corrected chi connectivity index (χ1v) is 7.25. The second-order valence-electron chi connectivity index (χ2n) is 5.46. The Morgan fingerprint density at radius 3 is 2.55 bits per heavy atom. The van der Waals surface area contributed by atoms with E-state index < -0.39 is 0 Å². The Morgan fingerprint density at radius 2 is 1.90 bits per heavy atom. The van der Waals surface area contributed by atoms with Crippen LogP contribution in [0.3, 0.4) is 0 Å². The van der Waals surface area contributed by atoms with Crippen molar-refractivity contribution in [2.24, 2.45) is 5.92 Å². The maximum absolute atomic E-state index is 11.7. The number of benzene rings is 1. The number of carbonyl (C=O) groups is 2. The van der Waals surface area contributed by atoms with Crippen LogP contribution < -0.4 is 10.6 Å². The van der Waals surface area contributed by atoms with Gasteiger partial charge in [0.05, 0.1) is 6.42 Å². The monoisotopic (exact) mass is 274 g/mol. The number of carbonyl (C=O) groups excluding carboxylic acids is 2. The lowest BCUT2D eigenvalue weighted by molar-refractivity contribution is -0.122. The van der Waals surface area contributed by atoms with Gasteiger partial charge in [0.1, 0.15) is 0 Å². The minimum absolute atomic E-state index is 0.0180. The van der Waals surface area contributed by atoms with Crippen molar-refractivity contribution in [1.29, 1.82) is 0 Å². The molecule has 1 fully saturated rings. The Hall–Kier alpha value is -1.84. The van der Waals surface area contributed by atoms with Crippen molar-refractivity contribution in [2.45, 2.75) is 38.6 Å². The summed E-state index contributed by atoms with van der Waals surface area (Å²) in [6.45, 7) is 2.44. The van der Waals surface area contributed by atoms with Gasteiger partial charge in [-0.2, -0.15) is 0 Å². The number of nitrogens with one attached hydrogen (secondary N) is 2. The van der Waals surface area contributed by atoms with Crippen molar-refractivity contribution in [3.63, 3.8) is 0 Å². The molecule has 108 valence electrons. The third-order valence-corrected chi connectivity index (χ3v) is 3.60. The molecule has 0 aromatic heterocycles. The van der Waals surface area contributed by atoms with Crippen molar-refractivity contribution < 1.29 is 9.59 Å². The standard InChI is InChI=1S/C16H22N2O2/c1-12(14-7-8-14)18-15(19)9-10-17-16(20)11-13-5-3-2-4-6-13/h2-6,12,14H,7-11H2,1H3,(H,17,20)(H,18,19)/t12-/m1/s1. The fourth-order valence-electron chi connectivity index (χ4n) is 2.20. The van der Waals surface area contributed by atoms with Gasteiger partial charge in [-0.15, -0.1) is 0 Å². The van der Waals surface area contributed by atoms with Crippen LogP contribution in [-0.2, 0) is 16.0 Å². The Balaban J connectivity index is 1.60. The van der Waals surface area contributed by atoms with Crippen LogP contribution in [0, 0.1) is 5.92 Å². The SMILES string of the molecule is C[C@@H](NC(=O)CCNC(=O)Cc1ccccc1)C1CC1. The van der Waals surface area contributed by atoms with Gasteiger partial charge in [0.15, 0.2) is 0 Å². The summed E-state index contributed by atoms with van der Waals surface area (Å²) in [7, 11) is 0. The van der Waals surface area contributed by atoms with Gasteiger partial charge < -0.3 is 10.6 Å². The lowest BCUT2D eigenvalue weighted by Gasteiger charge is -2.12. The molecule has 4 nitrogen and oxygen atoms in total. The molecule has 2 rings (SSSR count). The second kappa shape index (κ2) is 7.08. The van der Waals surface area contributed by atoms with Gasteiger partial charge >= 0.3 is 0 Å². The van der Waals surface area contributed by atoms with E-state index in [-0.39, 0.29) is 17.9 Å². The molecule has 1 aromatic rings. The third kappa shape index (κ3) is 5.03. The normalized spacial score (nSPS) is 15.4. The van der Waals surface area contributed by atoms with E-state index in [1.807, 2.05) is 37.3 Å². The Labute approximate surface area is 119 Å². The van der Waals surface area contributed by atoms with Crippen LogP contribution in [0.25, 0.3) is 0 Å². The van der Waals surface area contributed by atoms with E-state index in [4.69, 9.17) is 0 Å². The number of amides is 2. The predicted molar refractivity (Wildman–Crippen MR) is 78.1 cm³/mol. The second-order valence-corrected chi connectivity index (χ2v) is 5.46. The van der Waals surface area contributed by atoms with Crippen molar-refractivity contribution in [2.75, 3.05) is 6.54 Å². The fraction of sp³-hybridized carbons (Fsp3) is 0.500. The third-order valence-electron chi connectivity index (χ3n) is 3.60. The Bertz CT molecular complexity index is 455. The first-order valence-electron chi connectivity index (χ1n) is 7.25. The molecule has 0 unspecified atom stereocenters. The molecule has 2 amide bonds. The molecular weight excluding hydrogens is 252 g/mol. The Morgan fingerprint density at radius 1 is 1.20 bits per heavy atom. The van der Waals surface area contributed by atoms with E-state index in [1.54, 1.807) is 0 Å². The molecule has 0 heterocycles. The molecule has 4 heteroatoms. The van der Waals surface area contributed by atoms with Gasteiger partial charge in [0.2, 0.25) is 11.8 Å². The van der Waals surface area contributed by atoms with Gasteiger partial charge in [-0.05, 0) is 31.2 Å². The summed E-state index contributed by atoms with van der Waals surface area (Å²) in [4.78, 5) is 23.4. The fourth-order valence-corrected chi connectivity index (χ4v) is 2.20. The van der Waals surface area contributed by atoms with E-state index in [9.17, 15) is 9.59 Å². The van der Waals surface area contributed by atoms with Gasteiger partial charge in [0, 0.05) is 19.0 Å². The zero-order valence-electron chi connectivity index (χ0n) is 11.9. The highest BCUT2D eigenvalue weighted by Crippen LogP contribution is 2.32. The van der Waals surface area contributed by atoms with Crippen LogP contribution >= 0.6 is 0 Å². The summed E-state index contributed by atoms with van der Waals surface area (Å²) in [6, 6.07) is 9.85. The molecule has 1 saturated carbocycles. The highest BCUT2D eigenvalue weighted by molar-refractivity contribution is 5.80. The quantitative estimate of drug-likeness (QED) is 0.794. The number of rotatable bonds is 7. The van der Waals surface area contributed by atoms with E-state index in [0.29, 0.717) is 25.3 Å². The number of hydrogen-bond donors (Lipinski definition) is 2. The van der Waals surface area contributed by atoms with Crippen LogP contribution in [0.4, 0.5) is 0 Å². The van der Waals surface area contributed by atoms with Crippen LogP contribution in [0.2, 0.25) is 0 Å². The van der Waals surface area contributed by atoms with Crippen LogP contribution in [-0.4, -0.2) is 24.4 Å². The smallest absolute Gasteiger partial charge is 0.224 e. The van der Waals surface area contributed by atoms with Crippen LogP contribution in [0.1, 0.15) is 31.7 Å². The molecular formula is C16H22N2O2. The minimum Gasteiger partial charge on any atom is -0.355 e. The molecule has 0 radical (unpaired) electrons. The summed E-state index contributed by atoms with van der Waals surface area (Å²) < 4.78 is 0. The first-order chi connectivity index (χ1) is 9.65. The largest absolute Gasteiger partial charge is 0.355 e. The molecule has 0 aliphatic heterocycles. The molecule has 1 aliphatic carbocycles. The maximum Gasteiger partial charge on any atom is 0.224 e. The summed E-state index contributed by atoms with van der Waals surface area (Å²) in [5.41, 5.74) is 0.983. The first kappa shape index (κ1) is 14.6. The van der Waals surface area contributed by atoms with Gasteiger partial charge in [0.25, 0.3) is 0 Å². The van der Waals surface area contributed by atoms with Crippen molar-refractivity contribution in [3.05, 3.63) is 35.9 Å². The lowest BCUT2D eigenvalue weighted by Crippen LogP contribution is -2.36. The zero-order chi connectivity index (χ0) is 14.4. The van der Waals surface area contributed by atoms with E-state index >= 15 is 0 Å². The summed E-state index contributed by atoms with van der Waals surface area (Å²) in [5, 5.41) is 5.76. The molecule has 0 bridgehead atoms. The number of hydrogen-bond acceptors (Lipinski definition) is 2. The van der Waals surface area contributed by atoms with Crippen LogP contribution in [0.5, 0.6) is 0 Å². The topological polar surface area (TPSA) is 58.2 Å². The van der Waals surface area contributed by atoms with E-state index in [2.05, 4.69) is 10.6 Å². The van der Waals surface area contributed by atoms with Gasteiger partial charge in [-0.1, -0.05) is 30.3 Å².